The smallest absolute Gasteiger partial charge is 0.140 e. The van der Waals surface area contributed by atoms with Crippen molar-refractivity contribution < 1.29 is 4.74 Å². The van der Waals surface area contributed by atoms with Crippen molar-refractivity contribution in [1.29, 1.82) is 0 Å². The molecule has 3 heterocycles. The average molecular weight is 364 g/mol. The molecular formula is C22H28N4O. The number of hydrogen-bond donors (Lipinski definition) is 1. The molecule has 3 aromatic rings. The SMILES string of the molecule is CCOc1ccc(Cc2cc3cc(N)cnc3n2CC2CCCCC2)nc1. The van der Waals surface area contributed by atoms with Crippen LogP contribution >= 0.6 is 0 Å². The van der Waals surface area contributed by atoms with Gasteiger partial charge in [0.2, 0.25) is 0 Å². The first-order valence-electron chi connectivity index (χ1n) is 10.0. The fourth-order valence-corrected chi connectivity index (χ4v) is 4.15. The average Bonchev–Trinajstić information content (AvgIpc) is 3.00. The lowest BCUT2D eigenvalue weighted by atomic mass is 9.89. The first kappa shape index (κ1) is 17.8. The lowest BCUT2D eigenvalue weighted by Crippen LogP contribution is -2.16. The number of aromatic nitrogens is 3. The molecule has 5 heteroatoms. The standard InChI is InChI=1S/C22H28N4O/c1-2-27-21-9-8-19(24-14-21)12-20-11-17-10-18(23)13-25-22(17)26(20)15-16-6-4-3-5-7-16/h8-11,13-14,16H,2-7,12,15,23H2,1H3. The molecule has 0 saturated heterocycles. The maximum absolute atomic E-state index is 5.97. The van der Waals surface area contributed by atoms with Crippen LogP contribution in [0.1, 0.15) is 50.4 Å². The summed E-state index contributed by atoms with van der Waals surface area (Å²) < 4.78 is 7.90. The quantitative estimate of drug-likeness (QED) is 0.695. The minimum atomic E-state index is 0.656. The van der Waals surface area contributed by atoms with Crippen LogP contribution in [0.15, 0.2) is 36.7 Å². The largest absolute Gasteiger partial charge is 0.492 e. The van der Waals surface area contributed by atoms with Gasteiger partial charge in [0, 0.05) is 29.7 Å². The number of nitrogens with zero attached hydrogens (tertiary/aromatic N) is 3. The Kier molecular flexibility index (Phi) is 5.28. The van der Waals surface area contributed by atoms with E-state index in [1.807, 2.05) is 25.3 Å². The van der Waals surface area contributed by atoms with E-state index in [2.05, 4.69) is 26.7 Å². The molecule has 5 nitrogen and oxygen atoms in total. The van der Waals surface area contributed by atoms with Gasteiger partial charge >= 0.3 is 0 Å². The van der Waals surface area contributed by atoms with E-state index in [-0.39, 0.29) is 0 Å². The molecular weight excluding hydrogens is 336 g/mol. The highest BCUT2D eigenvalue weighted by molar-refractivity contribution is 5.80. The zero-order valence-electron chi connectivity index (χ0n) is 16.0. The van der Waals surface area contributed by atoms with Crippen LogP contribution in [0, 0.1) is 5.92 Å². The second-order valence-corrected chi connectivity index (χ2v) is 7.53. The zero-order valence-corrected chi connectivity index (χ0v) is 16.0. The molecule has 3 aromatic heterocycles. The van der Waals surface area contributed by atoms with Gasteiger partial charge in [0.05, 0.1) is 24.7 Å². The summed E-state index contributed by atoms with van der Waals surface area (Å²) in [6, 6.07) is 8.29. The molecule has 0 atom stereocenters. The summed E-state index contributed by atoms with van der Waals surface area (Å²) in [6.45, 7) is 3.67. The van der Waals surface area contributed by atoms with Gasteiger partial charge in [-0.15, -0.1) is 0 Å². The third kappa shape index (κ3) is 4.07. The third-order valence-corrected chi connectivity index (χ3v) is 5.48. The van der Waals surface area contributed by atoms with Crippen molar-refractivity contribution in [3.05, 3.63) is 48.0 Å². The van der Waals surface area contributed by atoms with Gasteiger partial charge in [-0.3, -0.25) is 4.98 Å². The monoisotopic (exact) mass is 364 g/mol. The van der Waals surface area contributed by atoms with E-state index < -0.39 is 0 Å². The van der Waals surface area contributed by atoms with Crippen molar-refractivity contribution in [3.63, 3.8) is 0 Å². The van der Waals surface area contributed by atoms with Gasteiger partial charge in [0.25, 0.3) is 0 Å². The van der Waals surface area contributed by atoms with E-state index in [1.54, 1.807) is 6.20 Å². The number of fused-ring (bicyclic) bond motifs is 1. The Labute approximate surface area is 160 Å². The third-order valence-electron chi connectivity index (χ3n) is 5.48. The van der Waals surface area contributed by atoms with E-state index >= 15 is 0 Å². The van der Waals surface area contributed by atoms with Crippen LogP contribution in [-0.4, -0.2) is 21.1 Å². The fourth-order valence-electron chi connectivity index (χ4n) is 4.15. The van der Waals surface area contributed by atoms with Crippen molar-refractivity contribution in [3.8, 4) is 5.75 Å². The van der Waals surface area contributed by atoms with Gasteiger partial charge in [0.15, 0.2) is 0 Å². The van der Waals surface area contributed by atoms with Crippen molar-refractivity contribution >= 4 is 16.7 Å². The fraction of sp³-hybridized carbons (Fsp3) is 0.455. The number of hydrogen-bond acceptors (Lipinski definition) is 4. The lowest BCUT2D eigenvalue weighted by Gasteiger charge is -2.23. The summed E-state index contributed by atoms with van der Waals surface area (Å²) in [4.78, 5) is 9.23. The Balaban J connectivity index is 1.64. The van der Waals surface area contributed by atoms with Crippen molar-refractivity contribution in [2.75, 3.05) is 12.3 Å². The van der Waals surface area contributed by atoms with Crippen molar-refractivity contribution in [1.82, 2.24) is 14.5 Å². The summed E-state index contributed by atoms with van der Waals surface area (Å²) in [6.07, 6.45) is 11.1. The topological polar surface area (TPSA) is 66.0 Å². The Bertz CT molecular complexity index is 895. The predicted molar refractivity (Wildman–Crippen MR) is 109 cm³/mol. The van der Waals surface area contributed by atoms with Crippen LogP contribution in [0.4, 0.5) is 5.69 Å². The zero-order chi connectivity index (χ0) is 18.6. The summed E-state index contributed by atoms with van der Waals surface area (Å²) in [5.74, 6) is 1.55. The minimum absolute atomic E-state index is 0.656. The van der Waals surface area contributed by atoms with E-state index in [9.17, 15) is 0 Å². The summed E-state index contributed by atoms with van der Waals surface area (Å²) in [7, 11) is 0. The van der Waals surface area contributed by atoms with Gasteiger partial charge < -0.3 is 15.0 Å². The van der Waals surface area contributed by atoms with Gasteiger partial charge in [-0.25, -0.2) is 4.98 Å². The molecule has 0 aromatic carbocycles. The van der Waals surface area contributed by atoms with E-state index in [0.29, 0.717) is 12.3 Å². The van der Waals surface area contributed by atoms with Crippen LogP contribution in [-0.2, 0) is 13.0 Å². The molecule has 27 heavy (non-hydrogen) atoms. The van der Waals surface area contributed by atoms with Crippen LogP contribution in [0.25, 0.3) is 11.0 Å². The molecule has 1 saturated carbocycles. The van der Waals surface area contributed by atoms with Crippen LogP contribution < -0.4 is 10.5 Å². The van der Waals surface area contributed by atoms with Crippen molar-refractivity contribution in [2.24, 2.45) is 5.92 Å². The first-order valence-corrected chi connectivity index (χ1v) is 10.0. The Morgan fingerprint density at radius 1 is 1.11 bits per heavy atom. The van der Waals surface area contributed by atoms with Crippen LogP contribution in [0.2, 0.25) is 0 Å². The summed E-state index contributed by atoms with van der Waals surface area (Å²) in [5.41, 5.74) is 10.0. The van der Waals surface area contributed by atoms with E-state index in [1.165, 1.54) is 37.8 Å². The highest BCUT2D eigenvalue weighted by Crippen LogP contribution is 2.29. The molecule has 4 rings (SSSR count). The molecule has 1 aliphatic rings. The Morgan fingerprint density at radius 3 is 2.70 bits per heavy atom. The maximum Gasteiger partial charge on any atom is 0.140 e. The number of rotatable bonds is 6. The first-order chi connectivity index (χ1) is 13.2. The Hall–Kier alpha value is -2.56. The number of ether oxygens (including phenoxy) is 1. The second-order valence-electron chi connectivity index (χ2n) is 7.53. The van der Waals surface area contributed by atoms with Gasteiger partial charge in [-0.2, -0.15) is 0 Å². The lowest BCUT2D eigenvalue weighted by molar-refractivity contribution is 0.320. The van der Waals surface area contributed by atoms with Gasteiger partial charge in [0.1, 0.15) is 11.4 Å². The molecule has 0 amide bonds. The number of pyridine rings is 2. The normalized spacial score (nSPS) is 15.3. The summed E-state index contributed by atoms with van der Waals surface area (Å²) in [5, 5.41) is 1.12. The number of nitrogens with two attached hydrogens (primary N) is 1. The molecule has 1 fully saturated rings. The van der Waals surface area contributed by atoms with Crippen LogP contribution in [0.3, 0.4) is 0 Å². The predicted octanol–water partition coefficient (Wildman–Crippen LogP) is 4.58. The highest BCUT2D eigenvalue weighted by atomic mass is 16.5. The highest BCUT2D eigenvalue weighted by Gasteiger charge is 2.18. The van der Waals surface area contributed by atoms with Crippen LogP contribution in [0.5, 0.6) is 5.75 Å². The number of nitrogen functional groups attached to an aromatic ring is 1. The van der Waals surface area contributed by atoms with Gasteiger partial charge in [-0.1, -0.05) is 19.3 Å². The molecule has 0 aliphatic heterocycles. The molecule has 0 spiro atoms. The molecule has 0 bridgehead atoms. The second kappa shape index (κ2) is 7.99. The number of anilines is 1. The molecule has 1 aliphatic carbocycles. The summed E-state index contributed by atoms with van der Waals surface area (Å²) >= 11 is 0. The maximum atomic E-state index is 5.97. The molecule has 0 unspecified atom stereocenters. The molecule has 0 radical (unpaired) electrons. The Morgan fingerprint density at radius 2 is 1.96 bits per heavy atom. The van der Waals surface area contributed by atoms with Gasteiger partial charge in [-0.05, 0) is 49.9 Å². The minimum Gasteiger partial charge on any atom is -0.492 e. The van der Waals surface area contributed by atoms with E-state index in [4.69, 9.17) is 10.5 Å². The molecule has 142 valence electrons. The molecule has 2 N–H and O–H groups in total. The van der Waals surface area contributed by atoms with Crippen molar-refractivity contribution in [2.45, 2.75) is 52.0 Å². The van der Waals surface area contributed by atoms with E-state index in [0.717, 1.165) is 41.4 Å².